The van der Waals surface area contributed by atoms with Crippen LogP contribution in [-0.4, -0.2) is 46.1 Å². The molecule has 7 heteroatoms. The van der Waals surface area contributed by atoms with Gasteiger partial charge in [0.25, 0.3) is 0 Å². The summed E-state index contributed by atoms with van der Waals surface area (Å²) in [6, 6.07) is 5.20. The Balaban J connectivity index is 2.26. The Bertz CT molecular complexity index is 595. The SMILES string of the molecule is CC(Nc1cccc(S(=O)(=O)N(C)C)c1N)C1CCOC1. The third-order valence-electron chi connectivity index (χ3n) is 3.88. The first kappa shape index (κ1) is 16.1. The number of para-hydroxylation sites is 1. The van der Waals surface area contributed by atoms with Crippen molar-refractivity contribution in [2.24, 2.45) is 5.92 Å². The van der Waals surface area contributed by atoms with E-state index in [9.17, 15) is 8.42 Å². The number of hydrogen-bond acceptors (Lipinski definition) is 5. The van der Waals surface area contributed by atoms with Gasteiger partial charge < -0.3 is 15.8 Å². The molecule has 118 valence electrons. The lowest BCUT2D eigenvalue weighted by Crippen LogP contribution is -2.27. The van der Waals surface area contributed by atoms with Gasteiger partial charge in [-0.1, -0.05) is 6.07 Å². The fourth-order valence-corrected chi connectivity index (χ4v) is 3.43. The normalized spacial score (nSPS) is 20.7. The van der Waals surface area contributed by atoms with Crippen LogP contribution >= 0.6 is 0 Å². The standard InChI is InChI=1S/C14H23N3O3S/c1-10(11-7-8-20-9-11)16-12-5-4-6-13(14(12)15)21(18,19)17(2)3/h4-6,10-11,16H,7-9,15H2,1-3H3. The maximum atomic E-state index is 12.2. The van der Waals surface area contributed by atoms with Crippen molar-refractivity contribution < 1.29 is 13.2 Å². The largest absolute Gasteiger partial charge is 0.396 e. The maximum absolute atomic E-state index is 12.2. The van der Waals surface area contributed by atoms with Crippen molar-refractivity contribution in [3.63, 3.8) is 0 Å². The number of nitrogens with one attached hydrogen (secondary N) is 1. The van der Waals surface area contributed by atoms with Crippen LogP contribution in [0.25, 0.3) is 0 Å². The van der Waals surface area contributed by atoms with E-state index >= 15 is 0 Å². The van der Waals surface area contributed by atoms with Crippen LogP contribution in [-0.2, 0) is 14.8 Å². The van der Waals surface area contributed by atoms with Gasteiger partial charge in [0.15, 0.2) is 0 Å². The average Bonchev–Trinajstić information content (AvgIpc) is 2.94. The number of benzene rings is 1. The van der Waals surface area contributed by atoms with E-state index in [2.05, 4.69) is 12.2 Å². The number of ether oxygens (including phenoxy) is 1. The average molecular weight is 313 g/mol. The first-order valence-corrected chi connectivity index (χ1v) is 8.43. The zero-order valence-corrected chi connectivity index (χ0v) is 13.5. The molecule has 1 saturated heterocycles. The van der Waals surface area contributed by atoms with Crippen LogP contribution in [0.4, 0.5) is 11.4 Å². The second kappa shape index (κ2) is 6.21. The van der Waals surface area contributed by atoms with Gasteiger partial charge in [-0.05, 0) is 25.5 Å². The lowest BCUT2D eigenvalue weighted by molar-refractivity contribution is 0.183. The summed E-state index contributed by atoms with van der Waals surface area (Å²) in [6.07, 6.45) is 1.00. The van der Waals surface area contributed by atoms with Crippen molar-refractivity contribution in [1.29, 1.82) is 0 Å². The molecule has 3 N–H and O–H groups in total. The minimum Gasteiger partial charge on any atom is -0.396 e. The third-order valence-corrected chi connectivity index (χ3v) is 5.75. The molecule has 1 aliphatic heterocycles. The van der Waals surface area contributed by atoms with Crippen LogP contribution in [0.15, 0.2) is 23.1 Å². The molecule has 0 radical (unpaired) electrons. The van der Waals surface area contributed by atoms with E-state index < -0.39 is 10.0 Å². The van der Waals surface area contributed by atoms with Crippen molar-refractivity contribution in [3.05, 3.63) is 18.2 Å². The fraction of sp³-hybridized carbons (Fsp3) is 0.571. The van der Waals surface area contributed by atoms with Crippen molar-refractivity contribution in [3.8, 4) is 0 Å². The molecule has 1 aromatic carbocycles. The van der Waals surface area contributed by atoms with Crippen LogP contribution < -0.4 is 11.1 Å². The van der Waals surface area contributed by atoms with Crippen LogP contribution in [0.5, 0.6) is 0 Å². The summed E-state index contributed by atoms with van der Waals surface area (Å²) in [4.78, 5) is 0.132. The first-order valence-electron chi connectivity index (χ1n) is 6.99. The Labute approximate surface area is 126 Å². The predicted molar refractivity (Wildman–Crippen MR) is 83.7 cm³/mol. The molecular weight excluding hydrogens is 290 g/mol. The molecule has 0 bridgehead atoms. The van der Waals surface area contributed by atoms with Crippen molar-refractivity contribution in [1.82, 2.24) is 4.31 Å². The number of hydrogen-bond donors (Lipinski definition) is 2. The summed E-state index contributed by atoms with van der Waals surface area (Å²) in [7, 11) is -0.554. The van der Waals surface area contributed by atoms with Crippen LogP contribution in [0.1, 0.15) is 13.3 Å². The molecule has 0 aliphatic carbocycles. The van der Waals surface area contributed by atoms with Gasteiger partial charge in [0.1, 0.15) is 4.90 Å². The van der Waals surface area contributed by atoms with E-state index in [0.29, 0.717) is 11.6 Å². The molecule has 2 unspecified atom stereocenters. The smallest absolute Gasteiger partial charge is 0.244 e. The number of nitrogens with two attached hydrogens (primary N) is 1. The Morgan fingerprint density at radius 1 is 1.43 bits per heavy atom. The number of rotatable bonds is 5. The van der Waals surface area contributed by atoms with Crippen molar-refractivity contribution >= 4 is 21.4 Å². The van der Waals surface area contributed by atoms with Gasteiger partial charge in [0, 0.05) is 32.7 Å². The van der Waals surface area contributed by atoms with E-state index in [0.717, 1.165) is 23.9 Å². The summed E-state index contributed by atoms with van der Waals surface area (Å²) < 4.78 is 31.0. The van der Waals surface area contributed by atoms with Gasteiger partial charge in [-0.15, -0.1) is 0 Å². The van der Waals surface area contributed by atoms with Crippen LogP contribution in [0.3, 0.4) is 0 Å². The molecule has 6 nitrogen and oxygen atoms in total. The highest BCUT2D eigenvalue weighted by atomic mass is 32.2. The highest BCUT2D eigenvalue weighted by Gasteiger charge is 2.25. The van der Waals surface area contributed by atoms with Crippen molar-refractivity contribution in [2.75, 3.05) is 38.4 Å². The van der Waals surface area contributed by atoms with E-state index in [1.54, 1.807) is 12.1 Å². The summed E-state index contributed by atoms with van der Waals surface area (Å²) >= 11 is 0. The maximum Gasteiger partial charge on any atom is 0.244 e. The highest BCUT2D eigenvalue weighted by molar-refractivity contribution is 7.89. The summed E-state index contributed by atoms with van der Waals surface area (Å²) in [5, 5.41) is 3.32. The molecule has 2 rings (SSSR count). The Morgan fingerprint density at radius 2 is 2.14 bits per heavy atom. The molecule has 0 aromatic heterocycles. The fourth-order valence-electron chi connectivity index (χ4n) is 2.40. The minimum atomic E-state index is -3.54. The van der Waals surface area contributed by atoms with E-state index in [1.165, 1.54) is 20.2 Å². The highest BCUT2D eigenvalue weighted by Crippen LogP contribution is 2.30. The number of nitrogens with zero attached hydrogens (tertiary/aromatic N) is 1. The van der Waals surface area contributed by atoms with Gasteiger partial charge in [-0.2, -0.15) is 0 Å². The second-order valence-corrected chi connectivity index (χ2v) is 7.68. The lowest BCUT2D eigenvalue weighted by atomic mass is 10.0. The zero-order valence-electron chi connectivity index (χ0n) is 12.7. The minimum absolute atomic E-state index is 0.132. The molecule has 2 atom stereocenters. The van der Waals surface area contributed by atoms with Crippen LogP contribution in [0.2, 0.25) is 0 Å². The Morgan fingerprint density at radius 3 is 2.71 bits per heavy atom. The van der Waals surface area contributed by atoms with Gasteiger partial charge in [0.2, 0.25) is 10.0 Å². The van der Waals surface area contributed by atoms with Gasteiger partial charge in [-0.25, -0.2) is 12.7 Å². The second-order valence-electron chi connectivity index (χ2n) is 5.56. The number of nitrogen functional groups attached to an aromatic ring is 1. The topological polar surface area (TPSA) is 84.7 Å². The molecule has 0 amide bonds. The zero-order chi connectivity index (χ0) is 15.6. The quantitative estimate of drug-likeness (QED) is 0.802. The van der Waals surface area contributed by atoms with E-state index in [4.69, 9.17) is 10.5 Å². The molecule has 0 saturated carbocycles. The first-order chi connectivity index (χ1) is 9.84. The lowest BCUT2D eigenvalue weighted by Gasteiger charge is -2.23. The predicted octanol–water partition coefficient (Wildman–Crippen LogP) is 1.36. The van der Waals surface area contributed by atoms with Gasteiger partial charge in [-0.3, -0.25) is 0 Å². The summed E-state index contributed by atoms with van der Waals surface area (Å²) in [5.41, 5.74) is 6.97. The molecule has 1 heterocycles. The Hall–Kier alpha value is -1.31. The number of sulfonamides is 1. The van der Waals surface area contributed by atoms with E-state index in [1.807, 2.05) is 0 Å². The van der Waals surface area contributed by atoms with E-state index in [-0.39, 0.29) is 16.6 Å². The summed E-state index contributed by atoms with van der Waals surface area (Å²) in [6.45, 7) is 3.57. The Kier molecular flexibility index (Phi) is 4.75. The van der Waals surface area contributed by atoms with Gasteiger partial charge >= 0.3 is 0 Å². The molecule has 0 spiro atoms. The molecular formula is C14H23N3O3S. The third kappa shape index (κ3) is 3.30. The molecule has 21 heavy (non-hydrogen) atoms. The molecule has 1 aliphatic rings. The van der Waals surface area contributed by atoms with Crippen molar-refractivity contribution in [2.45, 2.75) is 24.3 Å². The summed E-state index contributed by atoms with van der Waals surface area (Å²) in [5.74, 6) is 0.415. The van der Waals surface area contributed by atoms with Gasteiger partial charge in [0.05, 0.1) is 18.0 Å². The number of anilines is 2. The molecule has 1 fully saturated rings. The van der Waals surface area contributed by atoms with Crippen LogP contribution in [0, 0.1) is 5.92 Å². The molecule has 1 aromatic rings. The monoisotopic (exact) mass is 313 g/mol.